The van der Waals surface area contributed by atoms with Crippen molar-refractivity contribution in [2.75, 3.05) is 6.54 Å². The molecule has 74 valence electrons. The molecule has 0 bridgehead atoms. The van der Waals surface area contributed by atoms with Crippen molar-refractivity contribution < 1.29 is 4.79 Å². The zero-order chi connectivity index (χ0) is 10.4. The number of carbonyl (C=O) groups is 1. The van der Waals surface area contributed by atoms with Gasteiger partial charge in [0.25, 0.3) is 0 Å². The van der Waals surface area contributed by atoms with Gasteiger partial charge in [0, 0.05) is 11.0 Å². The molecule has 0 aromatic heterocycles. The second kappa shape index (κ2) is 5.60. The van der Waals surface area contributed by atoms with Crippen molar-refractivity contribution in [3.63, 3.8) is 0 Å². The molecule has 0 heterocycles. The number of carbonyl (C=O) groups excluding carboxylic acids is 1. The van der Waals surface area contributed by atoms with Crippen LogP contribution in [0.3, 0.4) is 0 Å². The number of amides is 1. The van der Waals surface area contributed by atoms with E-state index in [1.807, 2.05) is 24.3 Å². The highest BCUT2D eigenvalue weighted by Gasteiger charge is 2.00. The number of nitrogens with zero attached hydrogens (tertiary/aromatic N) is 1. The van der Waals surface area contributed by atoms with Crippen LogP contribution in [0.5, 0.6) is 0 Å². The SMILES string of the molecule is C=CN(C=O)CCc1ccccc1Br. The standard InChI is InChI=1S/C11H12BrNO/c1-2-13(9-14)8-7-10-5-3-4-6-11(10)12/h2-6,9H,1,7-8H2. The minimum absolute atomic E-state index is 0.662. The molecule has 1 aromatic rings. The Labute approximate surface area is 92.4 Å². The molecule has 0 radical (unpaired) electrons. The van der Waals surface area contributed by atoms with Crippen molar-refractivity contribution in [1.29, 1.82) is 0 Å². The minimum atomic E-state index is 0.662. The second-order valence-electron chi connectivity index (χ2n) is 2.87. The van der Waals surface area contributed by atoms with Gasteiger partial charge < -0.3 is 4.90 Å². The molecule has 1 aromatic carbocycles. The molecule has 0 aliphatic heterocycles. The lowest BCUT2D eigenvalue weighted by atomic mass is 10.1. The Morgan fingerprint density at radius 3 is 2.71 bits per heavy atom. The summed E-state index contributed by atoms with van der Waals surface area (Å²) in [5.41, 5.74) is 1.20. The van der Waals surface area contributed by atoms with Crippen molar-refractivity contribution in [3.8, 4) is 0 Å². The molecule has 0 fully saturated rings. The van der Waals surface area contributed by atoms with Crippen molar-refractivity contribution in [2.45, 2.75) is 6.42 Å². The van der Waals surface area contributed by atoms with Gasteiger partial charge in [-0.15, -0.1) is 0 Å². The first-order valence-corrected chi connectivity index (χ1v) is 5.14. The van der Waals surface area contributed by atoms with Gasteiger partial charge in [0.2, 0.25) is 6.41 Å². The maximum Gasteiger partial charge on any atom is 0.213 e. The van der Waals surface area contributed by atoms with Crippen molar-refractivity contribution in [2.24, 2.45) is 0 Å². The summed E-state index contributed by atoms with van der Waals surface area (Å²) in [6.45, 7) is 4.21. The van der Waals surface area contributed by atoms with Crippen LogP contribution in [-0.2, 0) is 11.2 Å². The fourth-order valence-corrected chi connectivity index (χ4v) is 1.62. The first-order chi connectivity index (χ1) is 6.77. The third-order valence-electron chi connectivity index (χ3n) is 1.97. The van der Waals surface area contributed by atoms with Gasteiger partial charge in [-0.05, 0) is 24.3 Å². The van der Waals surface area contributed by atoms with Crippen LogP contribution in [0.4, 0.5) is 0 Å². The fraction of sp³-hybridized carbons (Fsp3) is 0.182. The lowest BCUT2D eigenvalue weighted by Crippen LogP contribution is -2.17. The summed E-state index contributed by atoms with van der Waals surface area (Å²) < 4.78 is 1.08. The van der Waals surface area contributed by atoms with E-state index in [0.29, 0.717) is 6.54 Å². The van der Waals surface area contributed by atoms with Crippen molar-refractivity contribution in [1.82, 2.24) is 4.90 Å². The Balaban J connectivity index is 2.57. The molecule has 3 heteroatoms. The van der Waals surface area contributed by atoms with Crippen LogP contribution >= 0.6 is 15.9 Å². The zero-order valence-corrected chi connectivity index (χ0v) is 9.40. The first-order valence-electron chi connectivity index (χ1n) is 4.35. The summed E-state index contributed by atoms with van der Waals surface area (Å²) in [7, 11) is 0. The number of rotatable bonds is 5. The number of halogens is 1. The van der Waals surface area contributed by atoms with Crippen molar-refractivity contribution >= 4 is 22.3 Å². The number of hydrogen-bond acceptors (Lipinski definition) is 1. The van der Waals surface area contributed by atoms with Crippen LogP contribution in [0.15, 0.2) is 41.5 Å². The van der Waals surface area contributed by atoms with Crippen LogP contribution in [-0.4, -0.2) is 17.9 Å². The molecule has 0 N–H and O–H groups in total. The van der Waals surface area contributed by atoms with E-state index in [1.165, 1.54) is 16.7 Å². The van der Waals surface area contributed by atoms with Gasteiger partial charge in [-0.1, -0.05) is 40.7 Å². The Hall–Kier alpha value is -1.09. The smallest absolute Gasteiger partial charge is 0.213 e. The van der Waals surface area contributed by atoms with Gasteiger partial charge in [-0.3, -0.25) is 4.79 Å². The van der Waals surface area contributed by atoms with Crippen LogP contribution in [0, 0.1) is 0 Å². The highest BCUT2D eigenvalue weighted by molar-refractivity contribution is 9.10. The van der Waals surface area contributed by atoms with Crippen LogP contribution < -0.4 is 0 Å². The van der Waals surface area contributed by atoms with E-state index in [2.05, 4.69) is 22.5 Å². The molecule has 0 aliphatic carbocycles. The van der Waals surface area contributed by atoms with Crippen LogP contribution in [0.2, 0.25) is 0 Å². The topological polar surface area (TPSA) is 20.3 Å². The molecule has 0 saturated carbocycles. The first kappa shape index (κ1) is 11.0. The average molecular weight is 254 g/mol. The van der Waals surface area contributed by atoms with Gasteiger partial charge in [-0.25, -0.2) is 0 Å². The van der Waals surface area contributed by atoms with E-state index >= 15 is 0 Å². The van der Waals surface area contributed by atoms with Gasteiger partial charge in [0.15, 0.2) is 0 Å². The molecule has 0 unspecified atom stereocenters. The van der Waals surface area contributed by atoms with Gasteiger partial charge >= 0.3 is 0 Å². The van der Waals surface area contributed by atoms with E-state index < -0.39 is 0 Å². The summed E-state index contributed by atoms with van der Waals surface area (Å²) in [6.07, 6.45) is 3.14. The summed E-state index contributed by atoms with van der Waals surface area (Å²) in [5.74, 6) is 0. The normalized spacial score (nSPS) is 9.50. The monoisotopic (exact) mass is 253 g/mol. The summed E-state index contributed by atoms with van der Waals surface area (Å²) in [4.78, 5) is 12.0. The second-order valence-corrected chi connectivity index (χ2v) is 3.72. The predicted molar refractivity (Wildman–Crippen MR) is 60.8 cm³/mol. The minimum Gasteiger partial charge on any atom is -0.322 e. The number of benzene rings is 1. The maximum atomic E-state index is 10.5. The third-order valence-corrected chi connectivity index (χ3v) is 2.74. The van der Waals surface area contributed by atoms with Gasteiger partial charge in [-0.2, -0.15) is 0 Å². The quantitative estimate of drug-likeness (QED) is 0.739. The van der Waals surface area contributed by atoms with E-state index in [1.54, 1.807) is 0 Å². The molecule has 0 spiro atoms. The molecule has 0 atom stereocenters. The lowest BCUT2D eigenvalue weighted by molar-refractivity contribution is -0.115. The zero-order valence-electron chi connectivity index (χ0n) is 7.82. The summed E-state index contributed by atoms with van der Waals surface area (Å²) >= 11 is 3.46. The molecule has 14 heavy (non-hydrogen) atoms. The number of hydrogen-bond donors (Lipinski definition) is 0. The highest BCUT2D eigenvalue weighted by atomic mass is 79.9. The van der Waals surface area contributed by atoms with Crippen molar-refractivity contribution in [3.05, 3.63) is 47.1 Å². The molecule has 0 aliphatic rings. The molecular formula is C11H12BrNO. The van der Waals surface area contributed by atoms with E-state index in [0.717, 1.165) is 17.3 Å². The highest BCUT2D eigenvalue weighted by Crippen LogP contribution is 2.16. The van der Waals surface area contributed by atoms with E-state index in [4.69, 9.17) is 0 Å². The Morgan fingerprint density at radius 1 is 1.43 bits per heavy atom. The Bertz CT molecular complexity index is 317. The summed E-state index contributed by atoms with van der Waals surface area (Å²) in [5, 5.41) is 0. The van der Waals surface area contributed by atoms with Gasteiger partial charge in [0.05, 0.1) is 0 Å². The average Bonchev–Trinajstić information content (AvgIpc) is 2.22. The van der Waals surface area contributed by atoms with Gasteiger partial charge in [0.1, 0.15) is 0 Å². The van der Waals surface area contributed by atoms with Crippen LogP contribution in [0.25, 0.3) is 0 Å². The maximum absolute atomic E-state index is 10.5. The third kappa shape index (κ3) is 3.00. The molecule has 1 rings (SSSR count). The van der Waals surface area contributed by atoms with Crippen LogP contribution in [0.1, 0.15) is 5.56 Å². The molecule has 0 saturated heterocycles. The van der Waals surface area contributed by atoms with E-state index in [9.17, 15) is 4.79 Å². The molecular weight excluding hydrogens is 242 g/mol. The Kier molecular flexibility index (Phi) is 4.40. The lowest BCUT2D eigenvalue weighted by Gasteiger charge is -2.11. The molecule has 1 amide bonds. The summed E-state index contributed by atoms with van der Waals surface area (Å²) in [6, 6.07) is 7.99. The molecule has 2 nitrogen and oxygen atoms in total. The largest absolute Gasteiger partial charge is 0.322 e. The fourth-order valence-electron chi connectivity index (χ4n) is 1.14. The van der Waals surface area contributed by atoms with E-state index in [-0.39, 0.29) is 0 Å². The Morgan fingerprint density at radius 2 is 2.14 bits per heavy atom. The predicted octanol–water partition coefficient (Wildman–Crippen LogP) is 2.59.